The van der Waals surface area contributed by atoms with Crippen molar-refractivity contribution in [3.63, 3.8) is 0 Å². The van der Waals surface area contributed by atoms with E-state index in [0.717, 1.165) is 11.3 Å². The van der Waals surface area contributed by atoms with Crippen molar-refractivity contribution >= 4 is 17.2 Å². The molecule has 100 valence electrons. The van der Waals surface area contributed by atoms with E-state index in [9.17, 15) is 15.0 Å². The molecule has 0 saturated heterocycles. The summed E-state index contributed by atoms with van der Waals surface area (Å²) >= 11 is 1.66. The van der Waals surface area contributed by atoms with E-state index >= 15 is 0 Å². The highest BCUT2D eigenvalue weighted by atomic mass is 32.1. The van der Waals surface area contributed by atoms with Crippen molar-refractivity contribution in [1.82, 2.24) is 5.32 Å². The Labute approximate surface area is 115 Å². The van der Waals surface area contributed by atoms with Gasteiger partial charge in [0.2, 0.25) is 0 Å². The summed E-state index contributed by atoms with van der Waals surface area (Å²) in [6, 6.07) is 7.86. The van der Waals surface area contributed by atoms with Crippen LogP contribution in [0.1, 0.15) is 27.0 Å². The molecule has 1 amide bonds. The van der Waals surface area contributed by atoms with Crippen molar-refractivity contribution in [2.45, 2.75) is 19.9 Å². The van der Waals surface area contributed by atoms with Crippen molar-refractivity contribution in [1.29, 1.82) is 0 Å². The molecule has 1 heterocycles. The van der Waals surface area contributed by atoms with Gasteiger partial charge in [-0.15, -0.1) is 11.3 Å². The molecule has 0 unspecified atom stereocenters. The highest BCUT2D eigenvalue weighted by Gasteiger charge is 2.08. The van der Waals surface area contributed by atoms with E-state index in [1.165, 1.54) is 23.1 Å². The number of nitrogens with one attached hydrogen (secondary N) is 1. The number of amides is 1. The van der Waals surface area contributed by atoms with E-state index in [-0.39, 0.29) is 23.0 Å². The molecular formula is C14H15NO3S. The van der Waals surface area contributed by atoms with E-state index < -0.39 is 0 Å². The van der Waals surface area contributed by atoms with Crippen LogP contribution in [0.2, 0.25) is 0 Å². The van der Waals surface area contributed by atoms with E-state index in [1.54, 1.807) is 11.3 Å². The number of rotatable bonds is 4. The van der Waals surface area contributed by atoms with Gasteiger partial charge in [-0.2, -0.15) is 0 Å². The standard InChI is InChI=1S/C14H15NO3S/c1-2-12-3-4-13(19-12)8-15-14(18)9-5-10(16)7-11(17)6-9/h3-7,16-17H,2,8H2,1H3,(H,15,18). The fraction of sp³-hybridized carbons (Fsp3) is 0.214. The second kappa shape index (κ2) is 5.75. The Morgan fingerprint density at radius 2 is 1.79 bits per heavy atom. The molecule has 0 aliphatic heterocycles. The number of hydrogen-bond donors (Lipinski definition) is 3. The molecule has 0 spiro atoms. The summed E-state index contributed by atoms with van der Waals surface area (Å²) in [4.78, 5) is 14.2. The van der Waals surface area contributed by atoms with Crippen LogP contribution in [0.25, 0.3) is 0 Å². The molecule has 2 aromatic rings. The van der Waals surface area contributed by atoms with E-state index in [2.05, 4.69) is 12.2 Å². The second-order valence-corrected chi connectivity index (χ2v) is 5.40. The quantitative estimate of drug-likeness (QED) is 0.804. The van der Waals surface area contributed by atoms with Gasteiger partial charge < -0.3 is 15.5 Å². The Bertz CT molecular complexity index is 572. The molecule has 0 aliphatic rings. The lowest BCUT2D eigenvalue weighted by Gasteiger charge is -2.05. The molecular weight excluding hydrogens is 262 g/mol. The maximum Gasteiger partial charge on any atom is 0.251 e. The van der Waals surface area contributed by atoms with E-state index in [1.807, 2.05) is 12.1 Å². The average molecular weight is 277 g/mol. The fourth-order valence-electron chi connectivity index (χ4n) is 1.70. The first kappa shape index (κ1) is 13.4. The predicted octanol–water partition coefficient (Wildman–Crippen LogP) is 2.65. The minimum atomic E-state index is -0.322. The zero-order chi connectivity index (χ0) is 13.8. The van der Waals surface area contributed by atoms with Crippen LogP contribution in [0.3, 0.4) is 0 Å². The van der Waals surface area contributed by atoms with Crippen LogP contribution in [-0.2, 0) is 13.0 Å². The summed E-state index contributed by atoms with van der Waals surface area (Å²) in [5.74, 6) is -0.582. The van der Waals surface area contributed by atoms with Crippen molar-refractivity contribution in [2.75, 3.05) is 0 Å². The topological polar surface area (TPSA) is 69.6 Å². The molecule has 0 bridgehead atoms. The van der Waals surface area contributed by atoms with Gasteiger partial charge in [0.25, 0.3) is 5.91 Å². The number of thiophene rings is 1. The molecule has 2 rings (SSSR count). The van der Waals surface area contributed by atoms with Crippen molar-refractivity contribution < 1.29 is 15.0 Å². The summed E-state index contributed by atoms with van der Waals surface area (Å²) in [6.07, 6.45) is 0.985. The number of carbonyl (C=O) groups excluding carboxylic acids is 1. The third kappa shape index (κ3) is 3.48. The average Bonchev–Trinajstić information content (AvgIpc) is 2.82. The van der Waals surface area contributed by atoms with Crippen molar-refractivity contribution in [2.24, 2.45) is 0 Å². The van der Waals surface area contributed by atoms with Gasteiger partial charge in [-0.3, -0.25) is 4.79 Å². The number of aryl methyl sites for hydroxylation is 1. The highest BCUT2D eigenvalue weighted by Crippen LogP contribution is 2.21. The highest BCUT2D eigenvalue weighted by molar-refractivity contribution is 7.11. The van der Waals surface area contributed by atoms with Gasteiger partial charge in [-0.1, -0.05) is 6.92 Å². The molecule has 0 radical (unpaired) electrons. The lowest BCUT2D eigenvalue weighted by atomic mass is 10.2. The minimum absolute atomic E-state index is 0.130. The van der Waals surface area contributed by atoms with Gasteiger partial charge in [0.05, 0.1) is 6.54 Å². The Morgan fingerprint density at radius 1 is 1.16 bits per heavy atom. The molecule has 5 heteroatoms. The van der Waals surface area contributed by atoms with Gasteiger partial charge in [0, 0.05) is 21.4 Å². The van der Waals surface area contributed by atoms with Crippen LogP contribution in [-0.4, -0.2) is 16.1 Å². The monoisotopic (exact) mass is 277 g/mol. The predicted molar refractivity (Wildman–Crippen MR) is 74.6 cm³/mol. The normalized spacial score (nSPS) is 10.4. The Morgan fingerprint density at radius 3 is 2.37 bits per heavy atom. The molecule has 0 saturated carbocycles. The molecule has 0 fully saturated rings. The van der Waals surface area contributed by atoms with Crippen LogP contribution >= 0.6 is 11.3 Å². The summed E-state index contributed by atoms with van der Waals surface area (Å²) in [7, 11) is 0. The first-order valence-corrected chi connectivity index (χ1v) is 6.79. The van der Waals surface area contributed by atoms with Gasteiger partial charge in [-0.25, -0.2) is 0 Å². The summed E-state index contributed by atoms with van der Waals surface area (Å²) in [5.41, 5.74) is 0.241. The van der Waals surface area contributed by atoms with Crippen LogP contribution in [0, 0.1) is 0 Å². The second-order valence-electron chi connectivity index (χ2n) is 4.14. The van der Waals surface area contributed by atoms with Gasteiger partial charge in [0.1, 0.15) is 11.5 Å². The van der Waals surface area contributed by atoms with Crippen LogP contribution < -0.4 is 5.32 Å². The number of aromatic hydroxyl groups is 2. The Hall–Kier alpha value is -2.01. The van der Waals surface area contributed by atoms with E-state index in [0.29, 0.717) is 6.54 Å². The first-order valence-electron chi connectivity index (χ1n) is 5.97. The number of hydrogen-bond acceptors (Lipinski definition) is 4. The van der Waals surface area contributed by atoms with Gasteiger partial charge in [-0.05, 0) is 30.7 Å². The van der Waals surface area contributed by atoms with E-state index in [4.69, 9.17) is 0 Å². The summed E-state index contributed by atoms with van der Waals surface area (Å²) in [6.45, 7) is 2.53. The van der Waals surface area contributed by atoms with Crippen molar-refractivity contribution in [3.8, 4) is 11.5 Å². The summed E-state index contributed by atoms with van der Waals surface area (Å²) in [5, 5.41) is 21.4. The third-order valence-electron chi connectivity index (χ3n) is 2.65. The maximum atomic E-state index is 11.9. The minimum Gasteiger partial charge on any atom is -0.508 e. The van der Waals surface area contributed by atoms with Gasteiger partial charge in [0.15, 0.2) is 0 Å². The Kier molecular flexibility index (Phi) is 4.06. The molecule has 3 N–H and O–H groups in total. The van der Waals surface area contributed by atoms with Crippen LogP contribution in [0.5, 0.6) is 11.5 Å². The third-order valence-corrected chi connectivity index (χ3v) is 3.88. The zero-order valence-corrected chi connectivity index (χ0v) is 11.3. The summed E-state index contributed by atoms with van der Waals surface area (Å²) < 4.78 is 0. The number of phenolic OH excluding ortho intramolecular Hbond substituents is 2. The number of benzene rings is 1. The maximum absolute atomic E-state index is 11.9. The molecule has 1 aromatic heterocycles. The van der Waals surface area contributed by atoms with Crippen LogP contribution in [0.4, 0.5) is 0 Å². The molecule has 19 heavy (non-hydrogen) atoms. The largest absolute Gasteiger partial charge is 0.508 e. The smallest absolute Gasteiger partial charge is 0.251 e. The number of carbonyl (C=O) groups is 1. The van der Waals surface area contributed by atoms with Crippen LogP contribution in [0.15, 0.2) is 30.3 Å². The first-order chi connectivity index (χ1) is 9.08. The number of phenols is 2. The Balaban J connectivity index is 2.00. The molecule has 0 aliphatic carbocycles. The molecule has 1 aromatic carbocycles. The molecule has 4 nitrogen and oxygen atoms in total. The zero-order valence-electron chi connectivity index (χ0n) is 10.5. The van der Waals surface area contributed by atoms with Crippen molar-refractivity contribution in [3.05, 3.63) is 45.6 Å². The lowest BCUT2D eigenvalue weighted by molar-refractivity contribution is 0.0950. The lowest BCUT2D eigenvalue weighted by Crippen LogP contribution is -2.22. The molecule has 0 atom stereocenters. The SMILES string of the molecule is CCc1ccc(CNC(=O)c2cc(O)cc(O)c2)s1. The van der Waals surface area contributed by atoms with Gasteiger partial charge >= 0.3 is 0 Å². The fourth-order valence-corrected chi connectivity index (χ4v) is 2.60.